The molecular formula is C18H17N3O8. The fourth-order valence-corrected chi connectivity index (χ4v) is 2.27. The first-order valence-electron chi connectivity index (χ1n) is 8.31. The lowest BCUT2D eigenvalue weighted by Gasteiger charge is -2.11. The number of ether oxygens (including phenoxy) is 2. The van der Waals surface area contributed by atoms with E-state index in [2.05, 4.69) is 0 Å². The van der Waals surface area contributed by atoms with E-state index in [1.807, 2.05) is 6.07 Å². The molecule has 0 fully saturated rings. The lowest BCUT2D eigenvalue weighted by molar-refractivity contribution is -0.394. The van der Waals surface area contributed by atoms with E-state index in [0.717, 1.165) is 23.8 Å². The number of non-ortho nitro benzene ring substituents is 2. The molecule has 0 aliphatic heterocycles. The number of hydrogen-bond donors (Lipinski definition) is 1. The lowest BCUT2D eigenvalue weighted by Crippen LogP contribution is -2.35. The second kappa shape index (κ2) is 9.90. The van der Waals surface area contributed by atoms with Gasteiger partial charge in [-0.25, -0.2) is 0 Å². The largest absolute Gasteiger partial charge is 0.461 e. The minimum atomic E-state index is -1.31. The third-order valence-electron chi connectivity index (χ3n) is 3.70. The molecule has 2 rings (SSSR count). The van der Waals surface area contributed by atoms with Crippen molar-refractivity contribution in [1.82, 2.24) is 0 Å². The van der Waals surface area contributed by atoms with Gasteiger partial charge < -0.3 is 15.2 Å². The zero-order valence-corrected chi connectivity index (χ0v) is 15.1. The molecule has 0 saturated heterocycles. The van der Waals surface area contributed by atoms with Gasteiger partial charge in [0, 0.05) is 17.7 Å². The standard InChI is InChI=1S/C18H17N3O8/c19-16(9-17(22)28-10-12-4-2-1-3-5-12)18(23)29-11-13-6-14(20(24)25)8-15(7-13)21(26)27/h1-8,16H,9-11,19H2/t16-/m0/s1. The van der Waals surface area contributed by atoms with Gasteiger partial charge >= 0.3 is 11.9 Å². The molecule has 0 saturated carbocycles. The summed E-state index contributed by atoms with van der Waals surface area (Å²) in [5, 5.41) is 21.7. The minimum Gasteiger partial charge on any atom is -0.461 e. The molecular weight excluding hydrogens is 386 g/mol. The number of hydrogen-bond acceptors (Lipinski definition) is 9. The summed E-state index contributed by atoms with van der Waals surface area (Å²) < 4.78 is 9.93. The highest BCUT2D eigenvalue weighted by Gasteiger charge is 2.22. The van der Waals surface area contributed by atoms with E-state index >= 15 is 0 Å². The highest BCUT2D eigenvalue weighted by Crippen LogP contribution is 2.23. The van der Waals surface area contributed by atoms with Crippen LogP contribution in [0, 0.1) is 20.2 Å². The van der Waals surface area contributed by atoms with Crippen LogP contribution in [0.2, 0.25) is 0 Å². The molecule has 2 aromatic carbocycles. The van der Waals surface area contributed by atoms with Gasteiger partial charge in [-0.3, -0.25) is 29.8 Å². The number of benzene rings is 2. The Labute approximate surface area is 164 Å². The van der Waals surface area contributed by atoms with E-state index in [1.165, 1.54) is 0 Å². The molecule has 0 heterocycles. The molecule has 2 aromatic rings. The molecule has 11 nitrogen and oxygen atoms in total. The van der Waals surface area contributed by atoms with Gasteiger partial charge in [0.15, 0.2) is 0 Å². The number of rotatable bonds is 9. The van der Waals surface area contributed by atoms with E-state index in [4.69, 9.17) is 15.2 Å². The summed E-state index contributed by atoms with van der Waals surface area (Å²) in [5.74, 6) is -1.65. The molecule has 29 heavy (non-hydrogen) atoms. The van der Waals surface area contributed by atoms with Crippen molar-refractivity contribution in [1.29, 1.82) is 0 Å². The number of carbonyl (C=O) groups is 2. The Bertz CT molecular complexity index is 884. The van der Waals surface area contributed by atoms with Gasteiger partial charge in [-0.15, -0.1) is 0 Å². The van der Waals surface area contributed by atoms with Crippen LogP contribution >= 0.6 is 0 Å². The summed E-state index contributed by atoms with van der Waals surface area (Å²) in [6.07, 6.45) is -0.430. The molecule has 0 aliphatic carbocycles. The predicted molar refractivity (Wildman–Crippen MR) is 98.4 cm³/mol. The van der Waals surface area contributed by atoms with Crippen LogP contribution in [0.1, 0.15) is 17.5 Å². The first-order valence-corrected chi connectivity index (χ1v) is 8.31. The number of nitrogens with two attached hydrogens (primary N) is 1. The van der Waals surface area contributed by atoms with Crippen LogP contribution in [0.15, 0.2) is 48.5 Å². The second-order valence-corrected chi connectivity index (χ2v) is 5.94. The first-order chi connectivity index (χ1) is 13.8. The summed E-state index contributed by atoms with van der Waals surface area (Å²) >= 11 is 0. The third-order valence-corrected chi connectivity index (χ3v) is 3.70. The van der Waals surface area contributed by atoms with Crippen molar-refractivity contribution in [2.24, 2.45) is 5.73 Å². The number of nitro groups is 2. The zero-order valence-electron chi connectivity index (χ0n) is 15.1. The Balaban J connectivity index is 1.88. The highest BCUT2D eigenvalue weighted by atomic mass is 16.6. The molecule has 0 aliphatic rings. The molecule has 0 aromatic heterocycles. The summed E-state index contributed by atoms with van der Waals surface area (Å²) in [5.41, 5.74) is 5.39. The third kappa shape index (κ3) is 6.66. The van der Waals surface area contributed by atoms with Crippen LogP contribution in [0.25, 0.3) is 0 Å². The summed E-state index contributed by atoms with van der Waals surface area (Å²) in [7, 11) is 0. The van der Waals surface area contributed by atoms with E-state index < -0.39 is 52.2 Å². The second-order valence-electron chi connectivity index (χ2n) is 5.94. The van der Waals surface area contributed by atoms with Crippen LogP contribution in [0.4, 0.5) is 11.4 Å². The van der Waals surface area contributed by atoms with E-state index in [0.29, 0.717) is 0 Å². The van der Waals surface area contributed by atoms with Gasteiger partial charge in [-0.2, -0.15) is 0 Å². The number of nitro benzene ring substituents is 2. The molecule has 2 N–H and O–H groups in total. The van der Waals surface area contributed by atoms with Crippen LogP contribution < -0.4 is 5.73 Å². The number of nitrogens with zero attached hydrogens (tertiary/aromatic N) is 2. The molecule has 0 radical (unpaired) electrons. The minimum absolute atomic E-state index is 0.0266. The van der Waals surface area contributed by atoms with Crippen molar-refractivity contribution < 1.29 is 28.9 Å². The van der Waals surface area contributed by atoms with E-state index in [1.54, 1.807) is 24.3 Å². The van der Waals surface area contributed by atoms with E-state index in [9.17, 15) is 29.8 Å². The highest BCUT2D eigenvalue weighted by molar-refractivity contribution is 5.82. The van der Waals surface area contributed by atoms with Crippen LogP contribution in [0.5, 0.6) is 0 Å². The van der Waals surface area contributed by atoms with E-state index in [-0.39, 0.29) is 12.2 Å². The average molecular weight is 403 g/mol. The molecule has 11 heteroatoms. The maximum atomic E-state index is 11.9. The number of esters is 2. The Morgan fingerprint density at radius 1 is 0.897 bits per heavy atom. The Kier molecular flexibility index (Phi) is 7.32. The zero-order chi connectivity index (χ0) is 21.4. The first kappa shape index (κ1) is 21.4. The normalized spacial score (nSPS) is 11.3. The van der Waals surface area contributed by atoms with Crippen molar-refractivity contribution in [2.75, 3.05) is 0 Å². The lowest BCUT2D eigenvalue weighted by atomic mass is 10.2. The Morgan fingerprint density at radius 2 is 1.45 bits per heavy atom. The fraction of sp³-hybridized carbons (Fsp3) is 0.222. The molecule has 0 amide bonds. The van der Waals surface area contributed by atoms with Crippen LogP contribution in [-0.2, 0) is 32.3 Å². The van der Waals surface area contributed by atoms with Gasteiger partial charge in [0.05, 0.1) is 22.3 Å². The van der Waals surface area contributed by atoms with Crippen molar-refractivity contribution in [3.05, 3.63) is 79.9 Å². The molecule has 0 spiro atoms. The van der Waals surface area contributed by atoms with Crippen LogP contribution in [-0.4, -0.2) is 27.8 Å². The van der Waals surface area contributed by atoms with Crippen molar-refractivity contribution >= 4 is 23.3 Å². The Morgan fingerprint density at radius 3 is 2.00 bits per heavy atom. The van der Waals surface area contributed by atoms with Gasteiger partial charge in [0.1, 0.15) is 19.3 Å². The smallest absolute Gasteiger partial charge is 0.323 e. The van der Waals surface area contributed by atoms with Gasteiger partial charge in [-0.1, -0.05) is 30.3 Å². The number of carbonyl (C=O) groups excluding carboxylic acids is 2. The topological polar surface area (TPSA) is 165 Å². The van der Waals surface area contributed by atoms with Crippen molar-refractivity contribution in [3.63, 3.8) is 0 Å². The van der Waals surface area contributed by atoms with Crippen molar-refractivity contribution in [3.8, 4) is 0 Å². The fourth-order valence-electron chi connectivity index (χ4n) is 2.27. The molecule has 1 atom stereocenters. The molecule has 0 unspecified atom stereocenters. The molecule has 0 bridgehead atoms. The predicted octanol–water partition coefficient (Wildman–Crippen LogP) is 2.01. The maximum absolute atomic E-state index is 11.9. The van der Waals surface area contributed by atoms with Gasteiger partial charge in [-0.05, 0) is 5.56 Å². The maximum Gasteiger partial charge on any atom is 0.323 e. The van der Waals surface area contributed by atoms with Gasteiger partial charge in [0.25, 0.3) is 11.4 Å². The Hall–Kier alpha value is -3.86. The molecule has 152 valence electrons. The van der Waals surface area contributed by atoms with Gasteiger partial charge in [0.2, 0.25) is 0 Å². The van der Waals surface area contributed by atoms with Crippen molar-refractivity contribution in [2.45, 2.75) is 25.7 Å². The average Bonchev–Trinajstić information content (AvgIpc) is 2.70. The quantitative estimate of drug-likeness (QED) is 0.374. The summed E-state index contributed by atoms with van der Waals surface area (Å²) in [4.78, 5) is 43.9. The monoisotopic (exact) mass is 403 g/mol. The van der Waals surface area contributed by atoms with Crippen LogP contribution in [0.3, 0.4) is 0 Å². The SMILES string of the molecule is N[C@@H](CC(=O)OCc1ccccc1)C(=O)OCc1cc([N+](=O)[O-])cc([N+](=O)[O-])c1. The summed E-state index contributed by atoms with van der Waals surface area (Å²) in [6.45, 7) is -0.451. The summed E-state index contributed by atoms with van der Waals surface area (Å²) in [6, 6.07) is 10.5.